The molecule has 0 amide bonds. The van der Waals surface area contributed by atoms with Crippen LogP contribution in [-0.2, 0) is 0 Å². The highest BCUT2D eigenvalue weighted by Crippen LogP contribution is 2.39. The van der Waals surface area contributed by atoms with Crippen LogP contribution < -0.4 is 0 Å². The minimum absolute atomic E-state index is 0.589. The Kier molecular flexibility index (Phi) is 5.47. The smallest absolute Gasteiger partial charge is 0.231 e. The molecule has 0 aliphatic rings. The SMILES string of the molecule is c1ccc(-c2nc(-c3ccc(-c4cccc(-c5cccc6c5oc5ccccc56)c4)cc3)c3c(n2)oc2ccccc23)cc1. The van der Waals surface area contributed by atoms with Gasteiger partial charge < -0.3 is 8.83 Å². The molecular weight excluding hydrogens is 540 g/mol. The van der Waals surface area contributed by atoms with Crippen LogP contribution in [0.15, 0.2) is 154 Å². The molecule has 4 nitrogen and oxygen atoms in total. The Morgan fingerprint density at radius 2 is 1.05 bits per heavy atom. The lowest BCUT2D eigenvalue weighted by Gasteiger charge is -2.09. The molecule has 0 fully saturated rings. The number of benzene rings is 6. The van der Waals surface area contributed by atoms with Gasteiger partial charge in [-0.15, -0.1) is 0 Å². The largest absolute Gasteiger partial charge is 0.455 e. The number of nitrogens with zero attached hydrogens (tertiary/aromatic N) is 2. The maximum absolute atomic E-state index is 6.33. The number of para-hydroxylation sites is 3. The second-order valence-corrected chi connectivity index (χ2v) is 11.0. The van der Waals surface area contributed by atoms with Crippen LogP contribution in [0.4, 0.5) is 0 Å². The van der Waals surface area contributed by atoms with Gasteiger partial charge in [0.15, 0.2) is 5.82 Å². The second kappa shape index (κ2) is 9.79. The Morgan fingerprint density at radius 3 is 1.89 bits per heavy atom. The van der Waals surface area contributed by atoms with Crippen molar-refractivity contribution in [2.75, 3.05) is 0 Å². The number of hydrogen-bond donors (Lipinski definition) is 0. The molecule has 0 atom stereocenters. The molecule has 0 N–H and O–H groups in total. The van der Waals surface area contributed by atoms with Crippen molar-refractivity contribution in [2.45, 2.75) is 0 Å². The molecule has 6 aromatic carbocycles. The van der Waals surface area contributed by atoms with E-state index in [4.69, 9.17) is 18.8 Å². The van der Waals surface area contributed by atoms with Crippen LogP contribution in [0, 0.1) is 0 Å². The molecular formula is C40H24N2O2. The second-order valence-electron chi connectivity index (χ2n) is 11.0. The lowest BCUT2D eigenvalue weighted by Crippen LogP contribution is -1.93. The van der Waals surface area contributed by atoms with Gasteiger partial charge in [0.1, 0.15) is 16.7 Å². The van der Waals surface area contributed by atoms with Crippen molar-refractivity contribution in [3.8, 4) is 44.9 Å². The van der Waals surface area contributed by atoms with E-state index in [9.17, 15) is 0 Å². The molecule has 0 saturated carbocycles. The highest BCUT2D eigenvalue weighted by Gasteiger charge is 2.18. The van der Waals surface area contributed by atoms with Crippen molar-refractivity contribution in [2.24, 2.45) is 0 Å². The third kappa shape index (κ3) is 3.92. The van der Waals surface area contributed by atoms with Crippen LogP contribution in [0.1, 0.15) is 0 Å². The Labute approximate surface area is 252 Å². The highest BCUT2D eigenvalue weighted by atomic mass is 16.3. The normalized spacial score (nSPS) is 11.6. The first-order chi connectivity index (χ1) is 21.8. The molecule has 206 valence electrons. The zero-order valence-electron chi connectivity index (χ0n) is 23.6. The van der Waals surface area contributed by atoms with Crippen molar-refractivity contribution < 1.29 is 8.83 Å². The zero-order chi connectivity index (χ0) is 29.0. The molecule has 0 bridgehead atoms. The summed E-state index contributed by atoms with van der Waals surface area (Å²) in [5, 5.41) is 4.20. The van der Waals surface area contributed by atoms with Crippen molar-refractivity contribution in [3.05, 3.63) is 146 Å². The fourth-order valence-corrected chi connectivity index (χ4v) is 6.21. The summed E-state index contributed by atoms with van der Waals surface area (Å²) in [6.07, 6.45) is 0. The minimum atomic E-state index is 0.589. The van der Waals surface area contributed by atoms with Gasteiger partial charge in [-0.05, 0) is 34.9 Å². The van der Waals surface area contributed by atoms with Crippen LogP contribution in [-0.4, -0.2) is 9.97 Å². The first-order valence-electron chi connectivity index (χ1n) is 14.7. The van der Waals surface area contributed by atoms with Gasteiger partial charge in [-0.1, -0.05) is 127 Å². The van der Waals surface area contributed by atoms with Crippen molar-refractivity contribution >= 4 is 44.0 Å². The number of rotatable bonds is 4. The van der Waals surface area contributed by atoms with Gasteiger partial charge in [-0.25, -0.2) is 4.98 Å². The van der Waals surface area contributed by atoms with Gasteiger partial charge in [-0.2, -0.15) is 4.98 Å². The molecule has 3 aromatic heterocycles. The predicted octanol–water partition coefficient (Wildman–Crippen LogP) is 10.9. The molecule has 4 heteroatoms. The Hall–Kier alpha value is -6.00. The van der Waals surface area contributed by atoms with Crippen molar-refractivity contribution in [1.82, 2.24) is 9.97 Å². The summed E-state index contributed by atoms with van der Waals surface area (Å²) in [4.78, 5) is 9.91. The summed E-state index contributed by atoms with van der Waals surface area (Å²) in [5.74, 6) is 0.642. The average Bonchev–Trinajstić information content (AvgIpc) is 3.67. The third-order valence-electron chi connectivity index (χ3n) is 8.34. The molecule has 0 unspecified atom stereocenters. The van der Waals surface area contributed by atoms with E-state index in [0.717, 1.165) is 77.4 Å². The summed E-state index contributed by atoms with van der Waals surface area (Å²) in [7, 11) is 0. The van der Waals surface area contributed by atoms with E-state index < -0.39 is 0 Å². The fourth-order valence-electron chi connectivity index (χ4n) is 6.21. The topological polar surface area (TPSA) is 52.1 Å². The van der Waals surface area contributed by atoms with Gasteiger partial charge in [0.25, 0.3) is 0 Å². The number of fused-ring (bicyclic) bond motifs is 6. The molecule has 0 saturated heterocycles. The van der Waals surface area contributed by atoms with Crippen LogP contribution >= 0.6 is 0 Å². The first-order valence-corrected chi connectivity index (χ1v) is 14.7. The number of furan rings is 2. The fraction of sp³-hybridized carbons (Fsp3) is 0. The van der Waals surface area contributed by atoms with E-state index in [2.05, 4.69) is 84.9 Å². The van der Waals surface area contributed by atoms with Crippen LogP contribution in [0.5, 0.6) is 0 Å². The maximum Gasteiger partial charge on any atom is 0.231 e. The molecule has 0 spiro atoms. The van der Waals surface area contributed by atoms with E-state index in [1.807, 2.05) is 60.7 Å². The summed E-state index contributed by atoms with van der Waals surface area (Å²) >= 11 is 0. The van der Waals surface area contributed by atoms with Gasteiger partial charge in [0.2, 0.25) is 5.71 Å². The van der Waals surface area contributed by atoms with Crippen molar-refractivity contribution in [3.63, 3.8) is 0 Å². The standard InChI is InChI=1S/C40H24N2O2/c1-2-10-27(11-3-1)39-41-37(36-33-15-5-7-19-35(33)44-40(36)42-39)26-22-20-25(21-23-26)28-12-8-13-29(24-28)30-16-9-17-32-31-14-4-6-18-34(31)43-38(30)32/h1-24H. The molecule has 9 aromatic rings. The van der Waals surface area contributed by atoms with E-state index in [-0.39, 0.29) is 0 Å². The molecule has 0 aliphatic carbocycles. The van der Waals surface area contributed by atoms with Crippen LogP contribution in [0.25, 0.3) is 88.9 Å². The molecule has 0 aliphatic heterocycles. The summed E-state index contributed by atoms with van der Waals surface area (Å²) < 4.78 is 12.5. The maximum atomic E-state index is 6.33. The summed E-state index contributed by atoms with van der Waals surface area (Å²) in [6, 6.07) is 49.9. The third-order valence-corrected chi connectivity index (χ3v) is 8.34. The number of hydrogen-bond acceptors (Lipinski definition) is 4. The summed E-state index contributed by atoms with van der Waals surface area (Å²) in [5.41, 5.74) is 10.5. The Bertz CT molecular complexity index is 2490. The minimum Gasteiger partial charge on any atom is -0.455 e. The molecule has 9 rings (SSSR count). The lowest BCUT2D eigenvalue weighted by atomic mass is 9.96. The Morgan fingerprint density at radius 1 is 0.409 bits per heavy atom. The zero-order valence-corrected chi connectivity index (χ0v) is 23.6. The lowest BCUT2D eigenvalue weighted by molar-refractivity contribution is 0.653. The van der Waals surface area contributed by atoms with E-state index in [1.54, 1.807) is 0 Å². The van der Waals surface area contributed by atoms with Gasteiger partial charge in [-0.3, -0.25) is 0 Å². The monoisotopic (exact) mass is 564 g/mol. The predicted molar refractivity (Wildman–Crippen MR) is 178 cm³/mol. The Balaban J connectivity index is 1.15. The van der Waals surface area contributed by atoms with E-state index in [1.165, 1.54) is 0 Å². The first kappa shape index (κ1) is 24.6. The van der Waals surface area contributed by atoms with Gasteiger partial charge >= 0.3 is 0 Å². The summed E-state index contributed by atoms with van der Waals surface area (Å²) in [6.45, 7) is 0. The van der Waals surface area contributed by atoms with Crippen molar-refractivity contribution in [1.29, 1.82) is 0 Å². The number of aromatic nitrogens is 2. The highest BCUT2D eigenvalue weighted by molar-refractivity contribution is 6.11. The average molecular weight is 565 g/mol. The quantitative estimate of drug-likeness (QED) is 0.213. The van der Waals surface area contributed by atoms with Gasteiger partial charge in [0.05, 0.1) is 11.1 Å². The van der Waals surface area contributed by atoms with Crippen LogP contribution in [0.3, 0.4) is 0 Å². The molecule has 0 radical (unpaired) electrons. The van der Waals surface area contributed by atoms with Crippen LogP contribution in [0.2, 0.25) is 0 Å². The van der Waals surface area contributed by atoms with E-state index >= 15 is 0 Å². The van der Waals surface area contributed by atoms with Gasteiger partial charge in [0, 0.05) is 32.8 Å². The molecule has 3 heterocycles. The van der Waals surface area contributed by atoms with E-state index in [0.29, 0.717) is 11.5 Å². The molecule has 44 heavy (non-hydrogen) atoms.